The number of hydrogen-bond acceptors (Lipinski definition) is 3. The summed E-state index contributed by atoms with van der Waals surface area (Å²) in [6.45, 7) is 0. The third kappa shape index (κ3) is 2.18. The Hall–Kier alpha value is -0.740. The Balaban J connectivity index is 2.61. The van der Waals surface area contributed by atoms with Crippen molar-refractivity contribution < 1.29 is 13.2 Å². The highest BCUT2D eigenvalue weighted by Gasteiger charge is 2.21. The lowest BCUT2D eigenvalue weighted by Gasteiger charge is -2.18. The topological polar surface area (TPSA) is 43.4 Å². The molecule has 0 aliphatic heterocycles. The van der Waals surface area contributed by atoms with Gasteiger partial charge in [-0.3, -0.25) is 0 Å². The van der Waals surface area contributed by atoms with Gasteiger partial charge in [0.15, 0.2) is 0 Å². The van der Waals surface area contributed by atoms with Gasteiger partial charge in [-0.25, -0.2) is 8.42 Å². The van der Waals surface area contributed by atoms with Crippen molar-refractivity contribution in [3.8, 4) is 5.75 Å². The molecule has 0 heterocycles. The number of halogens is 1. The van der Waals surface area contributed by atoms with E-state index >= 15 is 0 Å². The van der Waals surface area contributed by atoms with Gasteiger partial charge in [-0.2, -0.15) is 0 Å². The second kappa shape index (κ2) is 4.26. The van der Waals surface area contributed by atoms with E-state index in [1.165, 1.54) is 12.7 Å². The molecule has 1 aliphatic rings. The monoisotopic (exact) mass is 260 g/mol. The molecule has 0 bridgehead atoms. The third-order valence-electron chi connectivity index (χ3n) is 2.89. The Kier molecular flexibility index (Phi) is 3.13. The van der Waals surface area contributed by atoms with Crippen molar-refractivity contribution in [3.63, 3.8) is 0 Å². The van der Waals surface area contributed by atoms with E-state index in [4.69, 9.17) is 15.4 Å². The summed E-state index contributed by atoms with van der Waals surface area (Å²) in [7, 11) is 3.10. The van der Waals surface area contributed by atoms with Gasteiger partial charge in [0.2, 0.25) is 0 Å². The van der Waals surface area contributed by atoms with E-state index in [-0.39, 0.29) is 4.90 Å². The van der Waals surface area contributed by atoms with Gasteiger partial charge in [-0.1, -0.05) is 0 Å². The molecule has 0 atom stereocenters. The van der Waals surface area contributed by atoms with Crippen molar-refractivity contribution in [2.45, 2.75) is 30.6 Å². The predicted octanol–water partition coefficient (Wildman–Crippen LogP) is 2.50. The van der Waals surface area contributed by atoms with Gasteiger partial charge in [0.05, 0.1) is 7.11 Å². The molecule has 0 amide bonds. The molecule has 2 rings (SSSR count). The summed E-state index contributed by atoms with van der Waals surface area (Å²) in [6, 6.07) is 3.44. The highest BCUT2D eigenvalue weighted by molar-refractivity contribution is 8.13. The zero-order chi connectivity index (χ0) is 11.8. The molecule has 1 aromatic carbocycles. The zero-order valence-corrected chi connectivity index (χ0v) is 10.6. The molecule has 0 N–H and O–H groups in total. The molecule has 0 spiro atoms. The Morgan fingerprint density at radius 1 is 1.19 bits per heavy atom. The van der Waals surface area contributed by atoms with Crippen LogP contribution >= 0.6 is 10.7 Å². The Bertz CT molecular complexity index is 508. The van der Waals surface area contributed by atoms with Crippen LogP contribution in [0.4, 0.5) is 0 Å². The number of methoxy groups -OCH3 is 1. The summed E-state index contributed by atoms with van der Waals surface area (Å²) in [5, 5.41) is 0. The van der Waals surface area contributed by atoms with E-state index in [1.807, 2.05) is 0 Å². The molecular weight excluding hydrogens is 248 g/mol. The minimum atomic E-state index is -3.73. The minimum absolute atomic E-state index is 0.0808. The van der Waals surface area contributed by atoms with Crippen molar-refractivity contribution in [1.82, 2.24) is 0 Å². The normalized spacial score (nSPS) is 15.6. The van der Waals surface area contributed by atoms with Crippen molar-refractivity contribution in [1.29, 1.82) is 0 Å². The van der Waals surface area contributed by atoms with Crippen LogP contribution in [0.25, 0.3) is 0 Å². The fraction of sp³-hybridized carbons (Fsp3) is 0.455. The van der Waals surface area contributed by atoms with Crippen LogP contribution in [-0.2, 0) is 21.9 Å². The zero-order valence-electron chi connectivity index (χ0n) is 8.99. The fourth-order valence-electron chi connectivity index (χ4n) is 2.09. The quantitative estimate of drug-likeness (QED) is 0.768. The third-order valence-corrected chi connectivity index (χ3v) is 4.23. The molecule has 88 valence electrons. The van der Waals surface area contributed by atoms with E-state index in [1.54, 1.807) is 12.1 Å². The van der Waals surface area contributed by atoms with Crippen LogP contribution in [0.2, 0.25) is 0 Å². The minimum Gasteiger partial charge on any atom is -0.495 e. The van der Waals surface area contributed by atoms with Crippen LogP contribution in [-0.4, -0.2) is 15.5 Å². The van der Waals surface area contributed by atoms with Gasteiger partial charge >= 0.3 is 0 Å². The second-order valence-corrected chi connectivity index (χ2v) is 6.45. The fourth-order valence-corrected chi connectivity index (χ4v) is 3.12. The average molecular weight is 261 g/mol. The molecule has 1 aromatic rings. The van der Waals surface area contributed by atoms with Crippen LogP contribution in [0.5, 0.6) is 5.75 Å². The largest absolute Gasteiger partial charge is 0.495 e. The first-order chi connectivity index (χ1) is 7.52. The van der Waals surface area contributed by atoms with E-state index in [2.05, 4.69) is 0 Å². The van der Waals surface area contributed by atoms with Gasteiger partial charge in [0, 0.05) is 10.7 Å². The number of rotatable bonds is 2. The number of aryl methyl sites for hydroxylation is 2. The number of hydrogen-bond donors (Lipinski definition) is 0. The molecule has 1 aliphatic carbocycles. The van der Waals surface area contributed by atoms with Crippen molar-refractivity contribution >= 4 is 19.7 Å². The first kappa shape index (κ1) is 11.7. The number of benzene rings is 1. The lowest BCUT2D eigenvalue weighted by atomic mass is 9.92. The molecule has 0 saturated carbocycles. The van der Waals surface area contributed by atoms with E-state index < -0.39 is 9.05 Å². The van der Waals surface area contributed by atoms with Gasteiger partial charge < -0.3 is 4.74 Å². The van der Waals surface area contributed by atoms with Crippen molar-refractivity contribution in [2.24, 2.45) is 0 Å². The maximum Gasteiger partial charge on any atom is 0.264 e. The summed E-state index contributed by atoms with van der Waals surface area (Å²) in [6.07, 6.45) is 4.14. The van der Waals surface area contributed by atoms with E-state index in [0.717, 1.165) is 31.2 Å². The summed E-state index contributed by atoms with van der Waals surface area (Å²) in [5.74, 6) is 0.343. The van der Waals surface area contributed by atoms with Gasteiger partial charge in [-0.15, -0.1) is 0 Å². The Labute approximate surface area is 99.8 Å². The first-order valence-corrected chi connectivity index (χ1v) is 7.48. The second-order valence-electron chi connectivity index (χ2n) is 3.92. The van der Waals surface area contributed by atoms with Crippen LogP contribution in [0, 0.1) is 0 Å². The highest BCUT2D eigenvalue weighted by atomic mass is 35.7. The van der Waals surface area contributed by atoms with Gasteiger partial charge in [-0.05, 0) is 48.9 Å². The summed E-state index contributed by atoms with van der Waals surface area (Å²) >= 11 is 0. The van der Waals surface area contributed by atoms with Crippen LogP contribution in [0.15, 0.2) is 17.0 Å². The molecule has 3 nitrogen and oxygen atoms in total. The Morgan fingerprint density at radius 3 is 2.25 bits per heavy atom. The van der Waals surface area contributed by atoms with E-state index in [0.29, 0.717) is 5.75 Å². The summed E-state index contributed by atoms with van der Waals surface area (Å²) in [4.78, 5) is 0.0808. The van der Waals surface area contributed by atoms with Crippen molar-refractivity contribution in [3.05, 3.63) is 23.3 Å². The molecule has 0 radical (unpaired) electrons. The molecule has 0 unspecified atom stereocenters. The SMILES string of the molecule is COc1cc2c(cc1S(=O)(=O)Cl)CCCC2. The van der Waals surface area contributed by atoms with Crippen LogP contribution < -0.4 is 4.74 Å². The van der Waals surface area contributed by atoms with Gasteiger partial charge in [0.1, 0.15) is 10.6 Å². The lowest BCUT2D eigenvalue weighted by molar-refractivity contribution is 0.401. The Morgan fingerprint density at radius 2 is 1.75 bits per heavy atom. The molecule has 0 saturated heterocycles. The molecule has 5 heteroatoms. The molecule has 0 fully saturated rings. The first-order valence-electron chi connectivity index (χ1n) is 5.17. The average Bonchev–Trinajstić information content (AvgIpc) is 2.26. The maximum atomic E-state index is 11.4. The summed E-state index contributed by atoms with van der Waals surface area (Å²) in [5.41, 5.74) is 2.25. The highest BCUT2D eigenvalue weighted by Crippen LogP contribution is 2.33. The van der Waals surface area contributed by atoms with E-state index in [9.17, 15) is 8.42 Å². The number of fused-ring (bicyclic) bond motifs is 1. The smallest absolute Gasteiger partial charge is 0.264 e. The van der Waals surface area contributed by atoms with Crippen LogP contribution in [0.1, 0.15) is 24.0 Å². The maximum absolute atomic E-state index is 11.4. The standard InChI is InChI=1S/C11H13ClO3S/c1-15-10-6-8-4-2-3-5-9(8)7-11(10)16(12,13)14/h6-7H,2-5H2,1H3. The van der Waals surface area contributed by atoms with Gasteiger partial charge in [0.25, 0.3) is 9.05 Å². The van der Waals surface area contributed by atoms with Crippen molar-refractivity contribution in [2.75, 3.05) is 7.11 Å². The lowest BCUT2D eigenvalue weighted by Crippen LogP contribution is -2.06. The molecule has 0 aromatic heterocycles. The predicted molar refractivity (Wildman–Crippen MR) is 62.7 cm³/mol. The summed E-state index contributed by atoms with van der Waals surface area (Å²) < 4.78 is 27.8. The van der Waals surface area contributed by atoms with Crippen LogP contribution in [0.3, 0.4) is 0 Å². The molecular formula is C11H13ClO3S. The molecule has 16 heavy (non-hydrogen) atoms. The number of ether oxygens (including phenoxy) is 1.